The molecule has 2 aromatic rings. The van der Waals surface area contributed by atoms with E-state index in [2.05, 4.69) is 41.4 Å². The molecule has 4 nitrogen and oxygen atoms in total. The second-order valence-corrected chi connectivity index (χ2v) is 4.78. The Bertz CT molecular complexity index is 449. The summed E-state index contributed by atoms with van der Waals surface area (Å²) >= 11 is 1.77. The van der Waals surface area contributed by atoms with Crippen LogP contribution in [0.2, 0.25) is 0 Å². The molecule has 0 saturated carbocycles. The molecule has 80 valence electrons. The number of thiophene rings is 1. The summed E-state index contributed by atoms with van der Waals surface area (Å²) in [6.45, 7) is 5.97. The molecule has 0 aliphatic rings. The third-order valence-electron chi connectivity index (χ3n) is 2.06. The Morgan fingerprint density at radius 2 is 2.20 bits per heavy atom. The largest absolute Gasteiger partial charge is 0.330 e. The minimum Gasteiger partial charge on any atom is -0.330 e. The van der Waals surface area contributed by atoms with Crippen LogP contribution in [0.5, 0.6) is 0 Å². The van der Waals surface area contributed by atoms with E-state index < -0.39 is 0 Å². The molecule has 1 atom stereocenters. The standard InChI is InChI=1S/C10H13N3OS/c1-6-4-5-9(15-6)7(2)11-10-12-8(3)13-14-10/h4-5,7H,1-3H3,(H,11,12,13). The van der Waals surface area contributed by atoms with Gasteiger partial charge in [-0.3, -0.25) is 0 Å². The molecule has 1 N–H and O–H groups in total. The van der Waals surface area contributed by atoms with E-state index in [4.69, 9.17) is 4.52 Å². The Labute approximate surface area is 92.3 Å². The van der Waals surface area contributed by atoms with Crippen molar-refractivity contribution in [2.24, 2.45) is 0 Å². The molecular weight excluding hydrogens is 210 g/mol. The predicted molar refractivity (Wildman–Crippen MR) is 60.1 cm³/mol. The summed E-state index contributed by atoms with van der Waals surface area (Å²) in [5.41, 5.74) is 0. The molecule has 0 saturated heterocycles. The van der Waals surface area contributed by atoms with Crippen molar-refractivity contribution in [1.82, 2.24) is 10.1 Å². The average molecular weight is 223 g/mol. The van der Waals surface area contributed by atoms with Crippen molar-refractivity contribution in [2.45, 2.75) is 26.8 Å². The number of nitrogens with one attached hydrogen (secondary N) is 1. The third-order valence-corrected chi connectivity index (χ3v) is 3.24. The van der Waals surface area contributed by atoms with Crippen LogP contribution in [-0.2, 0) is 0 Å². The Hall–Kier alpha value is -1.36. The van der Waals surface area contributed by atoms with Gasteiger partial charge in [-0.1, -0.05) is 5.16 Å². The van der Waals surface area contributed by atoms with Gasteiger partial charge >= 0.3 is 6.01 Å². The van der Waals surface area contributed by atoms with Gasteiger partial charge in [0.15, 0.2) is 5.82 Å². The topological polar surface area (TPSA) is 51.0 Å². The summed E-state index contributed by atoms with van der Waals surface area (Å²) in [6, 6.07) is 4.90. The van der Waals surface area contributed by atoms with Crippen LogP contribution in [0.15, 0.2) is 16.7 Å². The molecule has 0 radical (unpaired) electrons. The number of hydrogen-bond acceptors (Lipinski definition) is 5. The zero-order valence-electron chi connectivity index (χ0n) is 8.94. The van der Waals surface area contributed by atoms with Gasteiger partial charge in [0, 0.05) is 9.75 Å². The van der Waals surface area contributed by atoms with Gasteiger partial charge in [0.2, 0.25) is 0 Å². The van der Waals surface area contributed by atoms with Crippen LogP contribution in [0.3, 0.4) is 0 Å². The highest BCUT2D eigenvalue weighted by Crippen LogP contribution is 2.24. The number of nitrogens with zero attached hydrogens (tertiary/aromatic N) is 2. The zero-order valence-corrected chi connectivity index (χ0v) is 9.76. The van der Waals surface area contributed by atoms with Crippen LogP contribution < -0.4 is 5.32 Å². The van der Waals surface area contributed by atoms with Crippen LogP contribution in [-0.4, -0.2) is 10.1 Å². The molecule has 1 unspecified atom stereocenters. The lowest BCUT2D eigenvalue weighted by atomic mass is 10.3. The second-order valence-electron chi connectivity index (χ2n) is 3.46. The van der Waals surface area contributed by atoms with Gasteiger partial charge in [0.05, 0.1) is 6.04 Å². The fourth-order valence-corrected chi connectivity index (χ4v) is 2.18. The van der Waals surface area contributed by atoms with Crippen molar-refractivity contribution in [1.29, 1.82) is 0 Å². The minimum absolute atomic E-state index is 0.198. The fourth-order valence-electron chi connectivity index (χ4n) is 1.30. The maximum Gasteiger partial charge on any atom is 0.321 e. The Kier molecular flexibility index (Phi) is 2.73. The summed E-state index contributed by atoms with van der Waals surface area (Å²) in [7, 11) is 0. The first-order chi connectivity index (χ1) is 7.15. The normalized spacial score (nSPS) is 12.7. The number of rotatable bonds is 3. The van der Waals surface area contributed by atoms with Crippen molar-refractivity contribution in [2.75, 3.05) is 5.32 Å². The molecular formula is C10H13N3OS. The molecule has 0 aliphatic carbocycles. The summed E-state index contributed by atoms with van der Waals surface area (Å²) in [4.78, 5) is 6.67. The first-order valence-electron chi connectivity index (χ1n) is 4.78. The fraction of sp³-hybridized carbons (Fsp3) is 0.400. The molecule has 0 fully saturated rings. The Morgan fingerprint density at radius 3 is 2.73 bits per heavy atom. The smallest absolute Gasteiger partial charge is 0.321 e. The first-order valence-corrected chi connectivity index (χ1v) is 5.60. The molecule has 0 bridgehead atoms. The Morgan fingerprint density at radius 1 is 1.40 bits per heavy atom. The van der Waals surface area contributed by atoms with Gasteiger partial charge in [-0.05, 0) is 32.9 Å². The van der Waals surface area contributed by atoms with E-state index in [1.165, 1.54) is 9.75 Å². The van der Waals surface area contributed by atoms with Crippen molar-refractivity contribution in [3.63, 3.8) is 0 Å². The van der Waals surface area contributed by atoms with E-state index >= 15 is 0 Å². The lowest BCUT2D eigenvalue weighted by Gasteiger charge is -2.08. The SMILES string of the molecule is Cc1noc(NC(C)c2ccc(C)s2)n1. The van der Waals surface area contributed by atoms with Gasteiger partial charge in [-0.2, -0.15) is 4.98 Å². The van der Waals surface area contributed by atoms with E-state index in [1.807, 2.05) is 0 Å². The molecule has 0 aliphatic heterocycles. The predicted octanol–water partition coefficient (Wildman–Crippen LogP) is 2.92. The van der Waals surface area contributed by atoms with Crippen LogP contribution >= 0.6 is 11.3 Å². The highest BCUT2D eigenvalue weighted by atomic mass is 32.1. The average Bonchev–Trinajstić information content (AvgIpc) is 2.75. The lowest BCUT2D eigenvalue weighted by molar-refractivity contribution is 0.423. The molecule has 2 aromatic heterocycles. The quantitative estimate of drug-likeness (QED) is 0.869. The molecule has 2 rings (SSSR count). The second kappa shape index (κ2) is 4.02. The van der Waals surface area contributed by atoms with E-state index in [0.29, 0.717) is 11.8 Å². The Balaban J connectivity index is 2.06. The van der Waals surface area contributed by atoms with Crippen LogP contribution in [0.1, 0.15) is 28.5 Å². The van der Waals surface area contributed by atoms with Gasteiger partial charge in [-0.25, -0.2) is 0 Å². The molecule has 0 amide bonds. The van der Waals surface area contributed by atoms with Crippen molar-refractivity contribution >= 4 is 17.4 Å². The minimum atomic E-state index is 0.198. The number of anilines is 1. The lowest BCUT2D eigenvalue weighted by Crippen LogP contribution is -2.04. The van der Waals surface area contributed by atoms with Crippen molar-refractivity contribution in [3.05, 3.63) is 27.7 Å². The summed E-state index contributed by atoms with van der Waals surface area (Å²) < 4.78 is 5.00. The van der Waals surface area contributed by atoms with Crippen LogP contribution in [0, 0.1) is 13.8 Å². The monoisotopic (exact) mass is 223 g/mol. The molecule has 0 aromatic carbocycles. The molecule has 15 heavy (non-hydrogen) atoms. The number of aromatic nitrogens is 2. The maximum absolute atomic E-state index is 5.00. The highest BCUT2D eigenvalue weighted by molar-refractivity contribution is 7.12. The van der Waals surface area contributed by atoms with E-state index in [9.17, 15) is 0 Å². The third kappa shape index (κ3) is 2.36. The molecule has 5 heteroatoms. The summed E-state index contributed by atoms with van der Waals surface area (Å²) in [5, 5.41) is 6.89. The molecule has 2 heterocycles. The van der Waals surface area contributed by atoms with Gasteiger partial charge in [0.1, 0.15) is 0 Å². The molecule has 0 spiro atoms. The van der Waals surface area contributed by atoms with Crippen LogP contribution in [0.4, 0.5) is 6.01 Å². The van der Waals surface area contributed by atoms with Gasteiger partial charge in [0.25, 0.3) is 0 Å². The zero-order chi connectivity index (χ0) is 10.8. The van der Waals surface area contributed by atoms with Crippen LogP contribution in [0.25, 0.3) is 0 Å². The van der Waals surface area contributed by atoms with E-state index in [-0.39, 0.29) is 6.04 Å². The number of aryl methyl sites for hydroxylation is 2. The highest BCUT2D eigenvalue weighted by Gasteiger charge is 2.10. The van der Waals surface area contributed by atoms with Crippen molar-refractivity contribution < 1.29 is 4.52 Å². The maximum atomic E-state index is 5.00. The van der Waals surface area contributed by atoms with Gasteiger partial charge < -0.3 is 9.84 Å². The van der Waals surface area contributed by atoms with E-state index in [1.54, 1.807) is 18.3 Å². The van der Waals surface area contributed by atoms with Gasteiger partial charge in [-0.15, -0.1) is 11.3 Å². The number of hydrogen-bond donors (Lipinski definition) is 1. The summed E-state index contributed by atoms with van der Waals surface area (Å²) in [6.07, 6.45) is 0. The van der Waals surface area contributed by atoms with Crippen molar-refractivity contribution in [3.8, 4) is 0 Å². The summed E-state index contributed by atoms with van der Waals surface area (Å²) in [5.74, 6) is 0.645. The van der Waals surface area contributed by atoms with E-state index in [0.717, 1.165) is 0 Å². The first kappa shape index (κ1) is 10.2.